The smallest absolute Gasteiger partial charge is 0.166 e. The van der Waals surface area contributed by atoms with Crippen LogP contribution >= 0.6 is 0 Å². The van der Waals surface area contributed by atoms with Gasteiger partial charge < -0.3 is 9.47 Å². The average molecular weight is 255 g/mol. The molecule has 4 heteroatoms. The highest BCUT2D eigenvalue weighted by Crippen LogP contribution is 2.27. The van der Waals surface area contributed by atoms with Gasteiger partial charge in [-0.3, -0.25) is 4.79 Å². The molecule has 19 heavy (non-hydrogen) atoms. The molecule has 0 atom stereocenters. The second-order valence-corrected chi connectivity index (χ2v) is 4.74. The van der Waals surface area contributed by atoms with Crippen molar-refractivity contribution in [2.24, 2.45) is 0 Å². The van der Waals surface area contributed by atoms with E-state index in [1.807, 2.05) is 36.7 Å². The van der Waals surface area contributed by atoms with Crippen LogP contribution in [0.3, 0.4) is 0 Å². The zero-order valence-corrected chi connectivity index (χ0v) is 11.0. The van der Waals surface area contributed by atoms with Crippen LogP contribution in [0.5, 0.6) is 0 Å². The standard InChI is InChI=1S/C15H17N3O/c1-2-17-10-8-16-15(17)11-18-9-7-14(19)12-5-3-4-6-13(12)18/h3-6,8,10H,2,7,9,11H2,1H3. The van der Waals surface area contributed by atoms with Crippen LogP contribution in [0, 0.1) is 0 Å². The molecule has 3 rings (SSSR count). The molecule has 0 amide bonds. The van der Waals surface area contributed by atoms with E-state index in [0.717, 1.165) is 36.7 Å². The Hall–Kier alpha value is -2.10. The summed E-state index contributed by atoms with van der Waals surface area (Å²) in [7, 11) is 0. The molecule has 2 heterocycles. The molecule has 1 aliphatic rings. The number of benzene rings is 1. The topological polar surface area (TPSA) is 38.1 Å². The van der Waals surface area contributed by atoms with Gasteiger partial charge in [-0.05, 0) is 19.1 Å². The van der Waals surface area contributed by atoms with Gasteiger partial charge in [-0.1, -0.05) is 12.1 Å². The number of aromatic nitrogens is 2. The van der Waals surface area contributed by atoms with Gasteiger partial charge in [0.1, 0.15) is 5.82 Å². The number of ketones is 1. The summed E-state index contributed by atoms with van der Waals surface area (Å²) in [6.45, 7) is 4.56. The first kappa shape index (κ1) is 12.0. The maximum absolute atomic E-state index is 11.9. The zero-order chi connectivity index (χ0) is 13.2. The molecule has 1 aromatic heterocycles. The third-order valence-corrected chi connectivity index (χ3v) is 3.63. The van der Waals surface area contributed by atoms with Gasteiger partial charge in [0, 0.05) is 43.2 Å². The Labute approximate surface area is 112 Å². The molecule has 0 unspecified atom stereocenters. The molecule has 0 saturated heterocycles. The molecule has 0 aliphatic carbocycles. The fourth-order valence-corrected chi connectivity index (χ4v) is 2.59. The normalized spacial score (nSPS) is 14.6. The van der Waals surface area contributed by atoms with Crippen LogP contribution in [0.1, 0.15) is 29.5 Å². The molecule has 2 aromatic rings. The van der Waals surface area contributed by atoms with Crippen molar-refractivity contribution in [1.82, 2.24) is 9.55 Å². The summed E-state index contributed by atoms with van der Waals surface area (Å²) < 4.78 is 2.14. The summed E-state index contributed by atoms with van der Waals surface area (Å²) in [5.41, 5.74) is 1.87. The molecular weight excluding hydrogens is 238 g/mol. The van der Waals surface area contributed by atoms with E-state index in [1.54, 1.807) is 0 Å². The number of fused-ring (bicyclic) bond motifs is 1. The molecular formula is C15H17N3O. The lowest BCUT2D eigenvalue weighted by Crippen LogP contribution is -2.32. The van der Waals surface area contributed by atoms with Crippen molar-refractivity contribution >= 4 is 11.5 Å². The first-order valence-corrected chi connectivity index (χ1v) is 6.66. The maximum atomic E-state index is 11.9. The largest absolute Gasteiger partial charge is 0.363 e. The van der Waals surface area contributed by atoms with E-state index in [9.17, 15) is 4.79 Å². The minimum Gasteiger partial charge on any atom is -0.363 e. The number of nitrogens with zero attached hydrogens (tertiary/aromatic N) is 3. The van der Waals surface area contributed by atoms with Crippen LogP contribution in [0.15, 0.2) is 36.7 Å². The highest BCUT2D eigenvalue weighted by atomic mass is 16.1. The third kappa shape index (κ3) is 2.14. The van der Waals surface area contributed by atoms with Crippen LogP contribution < -0.4 is 4.90 Å². The van der Waals surface area contributed by atoms with Gasteiger partial charge in [-0.2, -0.15) is 0 Å². The number of aryl methyl sites for hydroxylation is 1. The first-order chi connectivity index (χ1) is 9.29. The second kappa shape index (κ2) is 4.88. The Morgan fingerprint density at radius 2 is 2.16 bits per heavy atom. The van der Waals surface area contributed by atoms with E-state index in [-0.39, 0.29) is 5.78 Å². The van der Waals surface area contributed by atoms with Crippen LogP contribution in [-0.4, -0.2) is 21.9 Å². The number of hydrogen-bond donors (Lipinski definition) is 0. The fourth-order valence-electron chi connectivity index (χ4n) is 2.59. The summed E-state index contributed by atoms with van der Waals surface area (Å²) >= 11 is 0. The van der Waals surface area contributed by atoms with Gasteiger partial charge in [0.2, 0.25) is 0 Å². The summed E-state index contributed by atoms with van der Waals surface area (Å²) in [5, 5.41) is 0. The number of hydrogen-bond acceptors (Lipinski definition) is 3. The first-order valence-electron chi connectivity index (χ1n) is 6.66. The number of anilines is 1. The van der Waals surface area contributed by atoms with Crippen molar-refractivity contribution in [3.8, 4) is 0 Å². The van der Waals surface area contributed by atoms with Crippen molar-refractivity contribution < 1.29 is 4.79 Å². The minimum absolute atomic E-state index is 0.241. The Kier molecular flexibility index (Phi) is 3.07. The van der Waals surface area contributed by atoms with Gasteiger partial charge in [-0.25, -0.2) is 4.98 Å². The monoisotopic (exact) mass is 255 g/mol. The van der Waals surface area contributed by atoms with Crippen molar-refractivity contribution in [3.05, 3.63) is 48.0 Å². The second-order valence-electron chi connectivity index (χ2n) is 4.74. The van der Waals surface area contributed by atoms with E-state index < -0.39 is 0 Å². The number of imidazole rings is 1. The summed E-state index contributed by atoms with van der Waals surface area (Å²) in [6, 6.07) is 7.84. The highest BCUT2D eigenvalue weighted by molar-refractivity contribution is 6.03. The van der Waals surface area contributed by atoms with Crippen LogP contribution in [0.2, 0.25) is 0 Å². The van der Waals surface area contributed by atoms with Crippen molar-refractivity contribution in [2.45, 2.75) is 26.4 Å². The molecule has 0 saturated carbocycles. The van der Waals surface area contributed by atoms with Gasteiger partial charge in [0.15, 0.2) is 5.78 Å². The van der Waals surface area contributed by atoms with E-state index in [4.69, 9.17) is 0 Å². The SMILES string of the molecule is CCn1ccnc1CN1CCC(=O)c2ccccc21. The van der Waals surface area contributed by atoms with Gasteiger partial charge in [-0.15, -0.1) is 0 Å². The number of carbonyl (C=O) groups is 1. The lowest BCUT2D eigenvalue weighted by atomic mass is 10.0. The molecule has 1 aromatic carbocycles. The summed E-state index contributed by atoms with van der Waals surface area (Å²) in [5.74, 6) is 1.29. The van der Waals surface area contributed by atoms with Crippen molar-refractivity contribution in [1.29, 1.82) is 0 Å². The Balaban J connectivity index is 1.91. The lowest BCUT2D eigenvalue weighted by Gasteiger charge is -2.30. The Morgan fingerprint density at radius 1 is 1.32 bits per heavy atom. The molecule has 4 nitrogen and oxygen atoms in total. The van der Waals surface area contributed by atoms with E-state index in [0.29, 0.717) is 6.42 Å². The van der Waals surface area contributed by atoms with E-state index >= 15 is 0 Å². The predicted molar refractivity (Wildman–Crippen MR) is 74.3 cm³/mol. The number of para-hydroxylation sites is 1. The van der Waals surface area contributed by atoms with Crippen molar-refractivity contribution in [2.75, 3.05) is 11.4 Å². The Bertz CT molecular complexity index is 603. The van der Waals surface area contributed by atoms with Crippen molar-refractivity contribution in [3.63, 3.8) is 0 Å². The number of Topliss-reactive ketones (excluding diaryl/α,β-unsaturated/α-hetero) is 1. The van der Waals surface area contributed by atoms with E-state index in [2.05, 4.69) is 21.4 Å². The lowest BCUT2D eigenvalue weighted by molar-refractivity contribution is 0.0979. The number of rotatable bonds is 3. The van der Waals surface area contributed by atoms with E-state index in [1.165, 1.54) is 0 Å². The van der Waals surface area contributed by atoms with Gasteiger partial charge in [0.25, 0.3) is 0 Å². The fraction of sp³-hybridized carbons (Fsp3) is 0.333. The molecule has 0 bridgehead atoms. The highest BCUT2D eigenvalue weighted by Gasteiger charge is 2.23. The molecule has 98 valence electrons. The van der Waals surface area contributed by atoms with Crippen LogP contribution in [0.25, 0.3) is 0 Å². The number of carbonyl (C=O) groups excluding carboxylic acids is 1. The Morgan fingerprint density at radius 3 is 3.00 bits per heavy atom. The minimum atomic E-state index is 0.241. The molecule has 0 spiro atoms. The molecule has 1 aliphatic heterocycles. The third-order valence-electron chi connectivity index (χ3n) is 3.63. The maximum Gasteiger partial charge on any atom is 0.166 e. The predicted octanol–water partition coefficient (Wildman–Crippen LogP) is 2.50. The molecule has 0 radical (unpaired) electrons. The van der Waals surface area contributed by atoms with Gasteiger partial charge in [0.05, 0.1) is 6.54 Å². The quantitative estimate of drug-likeness (QED) is 0.845. The van der Waals surface area contributed by atoms with Crippen LogP contribution in [0.4, 0.5) is 5.69 Å². The summed E-state index contributed by atoms with van der Waals surface area (Å²) in [4.78, 5) is 18.6. The molecule has 0 fully saturated rings. The summed E-state index contributed by atoms with van der Waals surface area (Å²) in [6.07, 6.45) is 4.42. The van der Waals surface area contributed by atoms with Crippen LogP contribution in [-0.2, 0) is 13.1 Å². The van der Waals surface area contributed by atoms with Gasteiger partial charge >= 0.3 is 0 Å². The molecule has 0 N–H and O–H groups in total. The zero-order valence-electron chi connectivity index (χ0n) is 11.0. The average Bonchev–Trinajstić information content (AvgIpc) is 2.89.